The Labute approximate surface area is 182 Å². The second-order valence-corrected chi connectivity index (χ2v) is 8.66. The first-order valence-electron chi connectivity index (χ1n) is 10.8. The molecular weight excluding hydrogens is 388 g/mol. The summed E-state index contributed by atoms with van der Waals surface area (Å²) in [5.74, 6) is -0.0800. The molecule has 31 heavy (non-hydrogen) atoms. The lowest BCUT2D eigenvalue weighted by Gasteiger charge is -2.17. The average molecular weight is 417 g/mol. The maximum absolute atomic E-state index is 13.3. The van der Waals surface area contributed by atoms with Crippen molar-refractivity contribution in [2.24, 2.45) is 5.92 Å². The van der Waals surface area contributed by atoms with Crippen LogP contribution in [-0.4, -0.2) is 33.9 Å². The van der Waals surface area contributed by atoms with Gasteiger partial charge in [-0.3, -0.25) is 14.6 Å². The molecule has 2 heterocycles. The maximum Gasteiger partial charge on any atom is 0.252 e. The van der Waals surface area contributed by atoms with Gasteiger partial charge in [-0.1, -0.05) is 25.5 Å². The number of hydrogen-bond acceptors (Lipinski definition) is 4. The maximum atomic E-state index is 13.3. The van der Waals surface area contributed by atoms with Crippen molar-refractivity contribution in [3.63, 3.8) is 0 Å². The molecule has 1 aromatic carbocycles. The highest BCUT2D eigenvalue weighted by Crippen LogP contribution is 2.26. The van der Waals surface area contributed by atoms with Gasteiger partial charge < -0.3 is 10.6 Å². The fourth-order valence-electron chi connectivity index (χ4n) is 4.06. The predicted molar refractivity (Wildman–Crippen MR) is 122 cm³/mol. The Kier molecular flexibility index (Phi) is 5.98. The summed E-state index contributed by atoms with van der Waals surface area (Å²) in [6, 6.07) is 11.8. The lowest BCUT2D eigenvalue weighted by atomic mass is 10.0. The molecule has 0 spiro atoms. The third-order valence-corrected chi connectivity index (χ3v) is 5.80. The molecule has 1 fully saturated rings. The molecule has 0 bridgehead atoms. The Bertz CT molecular complexity index is 1110. The first kappa shape index (κ1) is 21.0. The molecule has 0 aliphatic heterocycles. The number of carbonyl (C=O) groups is 2. The normalized spacial score (nSPS) is 18.3. The van der Waals surface area contributed by atoms with E-state index in [-0.39, 0.29) is 29.8 Å². The summed E-state index contributed by atoms with van der Waals surface area (Å²) >= 11 is 0. The van der Waals surface area contributed by atoms with E-state index in [0.717, 1.165) is 47.0 Å². The zero-order valence-corrected chi connectivity index (χ0v) is 18.2. The molecule has 3 aromatic rings. The molecule has 1 saturated carbocycles. The van der Waals surface area contributed by atoms with Crippen LogP contribution in [0.5, 0.6) is 0 Å². The van der Waals surface area contributed by atoms with Crippen LogP contribution < -0.4 is 10.6 Å². The molecule has 6 heteroatoms. The van der Waals surface area contributed by atoms with Gasteiger partial charge in [0, 0.05) is 41.3 Å². The number of amides is 2. The topological polar surface area (TPSA) is 84.0 Å². The van der Waals surface area contributed by atoms with Crippen molar-refractivity contribution < 1.29 is 9.59 Å². The molecule has 2 N–H and O–H groups in total. The van der Waals surface area contributed by atoms with Crippen LogP contribution >= 0.6 is 0 Å². The zero-order chi connectivity index (χ0) is 22.0. The molecule has 0 radical (unpaired) electrons. The molecule has 6 nitrogen and oxygen atoms in total. The lowest BCUT2D eigenvalue weighted by molar-refractivity contribution is -0.124. The van der Waals surface area contributed by atoms with Gasteiger partial charge in [0.1, 0.15) is 0 Å². The van der Waals surface area contributed by atoms with E-state index in [1.807, 2.05) is 57.2 Å². The molecule has 1 aliphatic rings. The predicted octanol–water partition coefficient (Wildman–Crippen LogP) is 4.03. The van der Waals surface area contributed by atoms with Crippen molar-refractivity contribution in [2.45, 2.75) is 52.1 Å². The number of aromatic nitrogens is 2. The minimum absolute atomic E-state index is 0.0361. The van der Waals surface area contributed by atoms with Crippen molar-refractivity contribution in [1.82, 2.24) is 20.6 Å². The Morgan fingerprint density at radius 2 is 1.84 bits per heavy atom. The lowest BCUT2D eigenvalue weighted by Crippen LogP contribution is -2.38. The molecular formula is C25H28N4O2. The minimum atomic E-state index is -0.107. The van der Waals surface area contributed by atoms with E-state index < -0.39 is 0 Å². The van der Waals surface area contributed by atoms with Crippen LogP contribution in [0.4, 0.5) is 0 Å². The van der Waals surface area contributed by atoms with Gasteiger partial charge in [-0.25, -0.2) is 4.98 Å². The molecule has 1 aliphatic carbocycles. The highest BCUT2D eigenvalue weighted by atomic mass is 16.2. The van der Waals surface area contributed by atoms with Gasteiger partial charge in [0.15, 0.2) is 0 Å². The fourth-order valence-corrected chi connectivity index (χ4v) is 4.06. The number of hydrogen-bond donors (Lipinski definition) is 2. The van der Waals surface area contributed by atoms with Crippen LogP contribution in [0.1, 0.15) is 49.0 Å². The largest absolute Gasteiger partial charge is 0.353 e. The Morgan fingerprint density at radius 3 is 2.55 bits per heavy atom. The molecule has 160 valence electrons. The van der Waals surface area contributed by atoms with Gasteiger partial charge in [0.25, 0.3) is 5.91 Å². The zero-order valence-electron chi connectivity index (χ0n) is 18.2. The fraction of sp³-hybridized carbons (Fsp3) is 0.360. The van der Waals surface area contributed by atoms with E-state index in [0.29, 0.717) is 5.56 Å². The van der Waals surface area contributed by atoms with Crippen LogP contribution in [0.3, 0.4) is 0 Å². The molecule has 2 aromatic heterocycles. The number of fused-ring (bicyclic) bond motifs is 1. The summed E-state index contributed by atoms with van der Waals surface area (Å²) in [6.45, 7) is 5.79. The summed E-state index contributed by atoms with van der Waals surface area (Å²) in [6.07, 6.45) is 5.95. The number of pyridine rings is 2. The van der Waals surface area contributed by atoms with E-state index in [1.165, 1.54) is 0 Å². The van der Waals surface area contributed by atoms with Crippen molar-refractivity contribution in [3.8, 4) is 11.3 Å². The third kappa shape index (κ3) is 4.74. The molecule has 2 amide bonds. The average Bonchev–Trinajstić information content (AvgIpc) is 3.20. The first-order valence-corrected chi connectivity index (χ1v) is 10.8. The third-order valence-electron chi connectivity index (χ3n) is 5.80. The Balaban J connectivity index is 1.59. The molecule has 2 atom stereocenters. The van der Waals surface area contributed by atoms with Crippen molar-refractivity contribution in [1.29, 1.82) is 0 Å². The number of carbonyl (C=O) groups excluding carboxylic acids is 2. The molecule has 0 unspecified atom stereocenters. The van der Waals surface area contributed by atoms with Crippen LogP contribution in [0.25, 0.3) is 22.2 Å². The first-order chi connectivity index (χ1) is 14.9. The SMILES string of the molecule is Cc1ccc2nc(-c3cccnc3)cc(C(=O)N[C@H]3CC[C@@H](NC(=O)C(C)C)C3)c2c1. The summed E-state index contributed by atoms with van der Waals surface area (Å²) in [4.78, 5) is 34.2. The van der Waals surface area contributed by atoms with Gasteiger partial charge in [0.2, 0.25) is 5.91 Å². The van der Waals surface area contributed by atoms with Gasteiger partial charge in [0.05, 0.1) is 16.8 Å². The smallest absolute Gasteiger partial charge is 0.252 e. The molecule has 0 saturated heterocycles. The monoisotopic (exact) mass is 416 g/mol. The van der Waals surface area contributed by atoms with E-state index in [4.69, 9.17) is 4.98 Å². The highest BCUT2D eigenvalue weighted by Gasteiger charge is 2.28. The number of benzene rings is 1. The van der Waals surface area contributed by atoms with Gasteiger partial charge in [-0.05, 0) is 56.5 Å². The number of aryl methyl sites for hydroxylation is 1. The van der Waals surface area contributed by atoms with Gasteiger partial charge >= 0.3 is 0 Å². The Morgan fingerprint density at radius 1 is 1.06 bits per heavy atom. The molecule has 4 rings (SSSR count). The van der Waals surface area contributed by atoms with E-state index >= 15 is 0 Å². The van der Waals surface area contributed by atoms with Crippen molar-refractivity contribution >= 4 is 22.7 Å². The summed E-state index contributed by atoms with van der Waals surface area (Å²) in [5.41, 5.74) is 4.07. The number of nitrogens with one attached hydrogen (secondary N) is 2. The summed E-state index contributed by atoms with van der Waals surface area (Å²) in [7, 11) is 0. The van der Waals surface area contributed by atoms with Crippen LogP contribution in [-0.2, 0) is 4.79 Å². The van der Waals surface area contributed by atoms with Crippen molar-refractivity contribution in [2.75, 3.05) is 0 Å². The quantitative estimate of drug-likeness (QED) is 0.658. The van der Waals surface area contributed by atoms with Crippen LogP contribution in [0, 0.1) is 12.8 Å². The number of nitrogens with zero attached hydrogens (tertiary/aromatic N) is 2. The second-order valence-electron chi connectivity index (χ2n) is 8.66. The highest BCUT2D eigenvalue weighted by molar-refractivity contribution is 6.07. The van der Waals surface area contributed by atoms with Crippen LogP contribution in [0.15, 0.2) is 48.8 Å². The van der Waals surface area contributed by atoms with Crippen molar-refractivity contribution in [3.05, 3.63) is 59.9 Å². The van der Waals surface area contributed by atoms with E-state index in [1.54, 1.807) is 12.4 Å². The Hall–Kier alpha value is -3.28. The van der Waals surface area contributed by atoms with Crippen LogP contribution in [0.2, 0.25) is 0 Å². The number of rotatable bonds is 5. The minimum Gasteiger partial charge on any atom is -0.353 e. The van der Waals surface area contributed by atoms with Gasteiger partial charge in [-0.15, -0.1) is 0 Å². The van der Waals surface area contributed by atoms with E-state index in [9.17, 15) is 9.59 Å². The van der Waals surface area contributed by atoms with Gasteiger partial charge in [-0.2, -0.15) is 0 Å². The summed E-state index contributed by atoms with van der Waals surface area (Å²) < 4.78 is 0. The van der Waals surface area contributed by atoms with E-state index in [2.05, 4.69) is 15.6 Å². The second kappa shape index (κ2) is 8.84. The standard InChI is InChI=1S/C25H28N4O2/c1-15(2)24(30)27-18-7-8-19(12-18)28-25(31)21-13-23(17-5-4-10-26-14-17)29-22-9-6-16(3)11-20(21)22/h4-6,9-11,13-15,18-19H,7-8,12H2,1-3H3,(H,27,30)(H,28,31)/t18-,19+/m1/s1. The summed E-state index contributed by atoms with van der Waals surface area (Å²) in [5, 5.41) is 7.11.